The number of rotatable bonds is 5. The van der Waals surface area contributed by atoms with Crippen LogP contribution in [0.2, 0.25) is 5.02 Å². The third kappa shape index (κ3) is 4.93. The number of nitrogens with one attached hydrogen (secondary N) is 1. The Morgan fingerprint density at radius 1 is 1.06 bits per heavy atom. The van der Waals surface area contributed by atoms with Gasteiger partial charge in [-0.05, 0) is 48.2 Å². The Labute approximate surface area is 199 Å². The van der Waals surface area contributed by atoms with Gasteiger partial charge >= 0.3 is 0 Å². The highest BCUT2D eigenvalue weighted by Crippen LogP contribution is 2.35. The molecule has 0 aliphatic carbocycles. The Balaban J connectivity index is 1.55. The Kier molecular flexibility index (Phi) is 7.07. The van der Waals surface area contributed by atoms with Gasteiger partial charge in [0.25, 0.3) is 0 Å². The molecule has 0 radical (unpaired) electrons. The van der Waals surface area contributed by atoms with E-state index in [2.05, 4.69) is 5.32 Å². The van der Waals surface area contributed by atoms with Crippen LogP contribution in [0.15, 0.2) is 47.4 Å². The maximum Gasteiger partial charge on any atom is 0.243 e. The summed E-state index contributed by atoms with van der Waals surface area (Å²) >= 11 is 6.18. The predicted octanol–water partition coefficient (Wildman–Crippen LogP) is 3.50. The van der Waals surface area contributed by atoms with Crippen molar-refractivity contribution in [3.05, 3.63) is 58.6 Å². The third-order valence-corrected chi connectivity index (χ3v) is 8.55. The molecular weight excluding hydrogens is 462 g/mol. The van der Waals surface area contributed by atoms with Crippen LogP contribution in [0.25, 0.3) is 0 Å². The molecule has 2 aromatic carbocycles. The summed E-state index contributed by atoms with van der Waals surface area (Å²) in [7, 11) is -3.62. The van der Waals surface area contributed by atoms with Crippen molar-refractivity contribution >= 4 is 39.1 Å². The quantitative estimate of drug-likeness (QED) is 0.696. The van der Waals surface area contributed by atoms with E-state index < -0.39 is 16.1 Å². The van der Waals surface area contributed by atoms with E-state index >= 15 is 0 Å². The van der Waals surface area contributed by atoms with Crippen LogP contribution >= 0.6 is 11.6 Å². The minimum absolute atomic E-state index is 0.212. The molecule has 1 atom stereocenters. The molecule has 0 saturated carbocycles. The molecule has 0 aromatic heterocycles. The smallest absolute Gasteiger partial charge is 0.243 e. The Morgan fingerprint density at radius 2 is 1.76 bits per heavy atom. The van der Waals surface area contributed by atoms with Crippen LogP contribution in [-0.4, -0.2) is 43.7 Å². The maximum absolute atomic E-state index is 13.2. The van der Waals surface area contributed by atoms with E-state index in [1.165, 1.54) is 11.8 Å². The number of amides is 2. The highest BCUT2D eigenvalue weighted by molar-refractivity contribution is 7.89. The molecule has 1 fully saturated rings. The van der Waals surface area contributed by atoms with Crippen molar-refractivity contribution in [2.75, 3.05) is 18.0 Å². The van der Waals surface area contributed by atoms with Crippen LogP contribution in [0, 0.1) is 0 Å². The molecule has 1 N–H and O–H groups in total. The van der Waals surface area contributed by atoms with Crippen molar-refractivity contribution in [1.82, 2.24) is 9.62 Å². The average molecular weight is 490 g/mol. The molecule has 1 saturated heterocycles. The van der Waals surface area contributed by atoms with Crippen LogP contribution in [0.1, 0.15) is 43.7 Å². The topological polar surface area (TPSA) is 86.8 Å². The summed E-state index contributed by atoms with van der Waals surface area (Å²) in [6, 6.07) is 11.3. The fourth-order valence-electron chi connectivity index (χ4n) is 4.56. The first-order chi connectivity index (χ1) is 15.8. The van der Waals surface area contributed by atoms with Gasteiger partial charge in [-0.25, -0.2) is 8.42 Å². The summed E-state index contributed by atoms with van der Waals surface area (Å²) in [6.45, 7) is 2.69. The molecule has 9 heteroatoms. The average Bonchev–Trinajstić information content (AvgIpc) is 2.96. The summed E-state index contributed by atoms with van der Waals surface area (Å²) in [4.78, 5) is 27.1. The lowest BCUT2D eigenvalue weighted by molar-refractivity contribution is -0.125. The Hall–Kier alpha value is -2.42. The SMILES string of the molecule is CC(=O)N1c2ccc(S(=O)(=O)N3CCCCCC3)cc2C[C@@H]1C(=O)NCc1ccccc1Cl. The van der Waals surface area contributed by atoms with E-state index in [1.54, 1.807) is 28.6 Å². The molecule has 2 amide bonds. The number of carbonyl (C=O) groups excluding carboxylic acids is 2. The number of anilines is 1. The molecule has 176 valence electrons. The lowest BCUT2D eigenvalue weighted by Crippen LogP contribution is -2.47. The van der Waals surface area contributed by atoms with Gasteiger partial charge in [-0.1, -0.05) is 42.6 Å². The standard InChI is InChI=1S/C24H28ClN3O4S/c1-17(29)28-22-11-10-20(33(31,32)27-12-6-2-3-7-13-27)14-19(22)15-23(28)24(30)26-16-18-8-4-5-9-21(18)25/h4-5,8-11,14,23H,2-3,6-7,12-13,15-16H2,1H3,(H,26,30)/t23-/m1/s1. The van der Waals surface area contributed by atoms with Crippen molar-refractivity contribution in [2.24, 2.45) is 0 Å². The van der Waals surface area contributed by atoms with Crippen LogP contribution in [0.5, 0.6) is 0 Å². The van der Waals surface area contributed by atoms with Gasteiger partial charge < -0.3 is 5.32 Å². The zero-order valence-corrected chi connectivity index (χ0v) is 20.2. The first kappa shape index (κ1) is 23.7. The highest BCUT2D eigenvalue weighted by Gasteiger charge is 2.38. The van der Waals surface area contributed by atoms with Gasteiger partial charge in [-0.2, -0.15) is 4.31 Å². The van der Waals surface area contributed by atoms with Crippen molar-refractivity contribution in [2.45, 2.75) is 56.5 Å². The third-order valence-electron chi connectivity index (χ3n) is 6.29. The van der Waals surface area contributed by atoms with Gasteiger partial charge in [0, 0.05) is 43.7 Å². The predicted molar refractivity (Wildman–Crippen MR) is 128 cm³/mol. The number of halogens is 1. The van der Waals surface area contributed by atoms with Crippen LogP contribution in [-0.2, 0) is 32.6 Å². The number of carbonyl (C=O) groups is 2. The fraction of sp³-hybridized carbons (Fsp3) is 0.417. The van der Waals surface area contributed by atoms with Crippen molar-refractivity contribution in [1.29, 1.82) is 0 Å². The molecule has 2 heterocycles. The lowest BCUT2D eigenvalue weighted by Gasteiger charge is -2.24. The first-order valence-electron chi connectivity index (χ1n) is 11.2. The number of sulfonamides is 1. The van der Waals surface area contributed by atoms with Gasteiger partial charge in [0.05, 0.1) is 4.90 Å². The normalized spacial score (nSPS) is 19.1. The molecular formula is C24H28ClN3O4S. The highest BCUT2D eigenvalue weighted by atomic mass is 35.5. The molecule has 0 unspecified atom stereocenters. The molecule has 2 aliphatic heterocycles. The molecule has 2 aliphatic rings. The lowest BCUT2D eigenvalue weighted by atomic mass is 10.1. The second-order valence-electron chi connectivity index (χ2n) is 8.53. The summed E-state index contributed by atoms with van der Waals surface area (Å²) in [5.74, 6) is -0.576. The largest absolute Gasteiger partial charge is 0.350 e. The minimum atomic E-state index is -3.62. The second-order valence-corrected chi connectivity index (χ2v) is 10.9. The number of nitrogens with zero attached hydrogens (tertiary/aromatic N) is 2. The summed E-state index contributed by atoms with van der Waals surface area (Å²) < 4.78 is 28.0. The van der Waals surface area contributed by atoms with Gasteiger partial charge in [0.15, 0.2) is 0 Å². The molecule has 2 aromatic rings. The molecule has 7 nitrogen and oxygen atoms in total. The van der Waals surface area contributed by atoms with Gasteiger partial charge in [0.1, 0.15) is 6.04 Å². The second kappa shape index (κ2) is 9.83. The first-order valence-corrected chi connectivity index (χ1v) is 13.0. The summed E-state index contributed by atoms with van der Waals surface area (Å²) in [6.07, 6.45) is 4.04. The van der Waals surface area contributed by atoms with Crippen molar-refractivity contribution in [3.63, 3.8) is 0 Å². The Bertz CT molecular complexity index is 1160. The van der Waals surface area contributed by atoms with Crippen molar-refractivity contribution in [3.8, 4) is 0 Å². The fourth-order valence-corrected chi connectivity index (χ4v) is 6.33. The van der Waals surface area contributed by atoms with Gasteiger partial charge in [-0.15, -0.1) is 0 Å². The van der Waals surface area contributed by atoms with E-state index in [9.17, 15) is 18.0 Å². The van der Waals surface area contributed by atoms with Crippen LogP contribution in [0.4, 0.5) is 5.69 Å². The van der Waals surface area contributed by atoms with E-state index in [1.807, 2.05) is 18.2 Å². The van der Waals surface area contributed by atoms with E-state index in [0.29, 0.717) is 29.4 Å². The van der Waals surface area contributed by atoms with Crippen LogP contribution < -0.4 is 10.2 Å². The molecule has 33 heavy (non-hydrogen) atoms. The van der Waals surface area contributed by atoms with Gasteiger partial charge in [-0.3, -0.25) is 14.5 Å². The minimum Gasteiger partial charge on any atom is -0.350 e. The van der Waals surface area contributed by atoms with E-state index in [0.717, 1.165) is 31.2 Å². The number of benzene rings is 2. The molecule has 0 bridgehead atoms. The summed E-state index contributed by atoms with van der Waals surface area (Å²) in [5, 5.41) is 3.42. The zero-order valence-electron chi connectivity index (χ0n) is 18.6. The van der Waals surface area contributed by atoms with Crippen molar-refractivity contribution < 1.29 is 18.0 Å². The number of hydrogen-bond donors (Lipinski definition) is 1. The van der Waals surface area contributed by atoms with Crippen LogP contribution in [0.3, 0.4) is 0 Å². The molecule has 4 rings (SSSR count). The number of fused-ring (bicyclic) bond motifs is 1. The molecule has 0 spiro atoms. The zero-order chi connectivity index (χ0) is 23.6. The van der Waals surface area contributed by atoms with E-state index in [-0.39, 0.29) is 29.7 Å². The number of hydrogen-bond acceptors (Lipinski definition) is 4. The van der Waals surface area contributed by atoms with E-state index in [4.69, 9.17) is 11.6 Å². The monoisotopic (exact) mass is 489 g/mol. The Morgan fingerprint density at radius 3 is 2.42 bits per heavy atom. The maximum atomic E-state index is 13.2. The van der Waals surface area contributed by atoms with Gasteiger partial charge in [0.2, 0.25) is 21.8 Å². The summed E-state index contributed by atoms with van der Waals surface area (Å²) in [5.41, 5.74) is 2.04.